The van der Waals surface area contributed by atoms with E-state index >= 15 is 0 Å². The van der Waals surface area contributed by atoms with E-state index < -0.39 is 6.61 Å². The van der Waals surface area contributed by atoms with E-state index in [1.807, 2.05) is 0 Å². The Bertz CT molecular complexity index is 616. The second-order valence-electron chi connectivity index (χ2n) is 4.15. The molecule has 5 nitrogen and oxygen atoms in total. The molecule has 0 spiro atoms. The number of Topliss-reactive ketones (excluding diaryl/α,β-unsaturated/α-hetero) is 1. The molecule has 0 radical (unpaired) electrons. The molecule has 1 atom stereocenters. The summed E-state index contributed by atoms with van der Waals surface area (Å²) < 4.78 is 33.7. The smallest absolute Gasteiger partial charge is 0.387 e. The Morgan fingerprint density at radius 1 is 1.29 bits per heavy atom. The topological polar surface area (TPSA) is 65.2 Å². The number of hydrogen-bond acceptors (Lipinski definition) is 6. The molecular formula is C13H12F2N2O3S. The fourth-order valence-corrected chi connectivity index (χ4v) is 2.07. The van der Waals surface area contributed by atoms with Gasteiger partial charge in [-0.2, -0.15) is 8.78 Å². The minimum Gasteiger partial charge on any atom is -0.435 e. The number of ketones is 1. The number of benzene rings is 1. The van der Waals surface area contributed by atoms with E-state index in [-0.39, 0.29) is 27.9 Å². The number of ether oxygens (including phenoxy) is 1. The molecule has 0 bridgehead atoms. The molecule has 2 rings (SSSR count). The molecule has 1 aromatic carbocycles. The summed E-state index contributed by atoms with van der Waals surface area (Å²) in [5.41, 5.74) is 0.575. The van der Waals surface area contributed by atoms with Gasteiger partial charge in [-0.05, 0) is 38.1 Å². The molecule has 0 saturated heterocycles. The maximum absolute atomic E-state index is 12.0. The van der Waals surface area contributed by atoms with Crippen LogP contribution in [0.2, 0.25) is 0 Å². The van der Waals surface area contributed by atoms with Gasteiger partial charge in [0.05, 0.1) is 5.25 Å². The second-order valence-corrected chi connectivity index (χ2v) is 5.44. The summed E-state index contributed by atoms with van der Waals surface area (Å²) >= 11 is 1.17. The first-order chi connectivity index (χ1) is 9.95. The van der Waals surface area contributed by atoms with Crippen LogP contribution in [0.15, 0.2) is 33.9 Å². The highest BCUT2D eigenvalue weighted by molar-refractivity contribution is 8.00. The Balaban J connectivity index is 2.08. The zero-order valence-corrected chi connectivity index (χ0v) is 12.1. The van der Waals surface area contributed by atoms with Crippen LogP contribution in [0.25, 0.3) is 11.5 Å². The maximum atomic E-state index is 12.0. The van der Waals surface area contributed by atoms with Crippen molar-refractivity contribution in [2.45, 2.75) is 30.9 Å². The quantitative estimate of drug-likeness (QED) is 0.761. The highest BCUT2D eigenvalue weighted by Gasteiger charge is 2.15. The number of alkyl halides is 2. The third kappa shape index (κ3) is 4.25. The predicted molar refractivity (Wildman–Crippen MR) is 72.4 cm³/mol. The molecule has 0 aliphatic carbocycles. The van der Waals surface area contributed by atoms with Crippen molar-refractivity contribution in [3.8, 4) is 17.2 Å². The molecular weight excluding hydrogens is 302 g/mol. The Morgan fingerprint density at radius 2 is 1.95 bits per heavy atom. The molecule has 112 valence electrons. The maximum Gasteiger partial charge on any atom is 0.387 e. The van der Waals surface area contributed by atoms with Crippen molar-refractivity contribution in [3.05, 3.63) is 24.3 Å². The third-order valence-electron chi connectivity index (χ3n) is 2.58. The van der Waals surface area contributed by atoms with Gasteiger partial charge in [0.15, 0.2) is 0 Å². The number of rotatable bonds is 6. The molecule has 0 N–H and O–H groups in total. The van der Waals surface area contributed by atoms with Crippen LogP contribution in [0.5, 0.6) is 5.75 Å². The normalized spacial score (nSPS) is 12.4. The lowest BCUT2D eigenvalue weighted by atomic mass is 10.2. The lowest BCUT2D eigenvalue weighted by molar-refractivity contribution is -0.116. The van der Waals surface area contributed by atoms with Gasteiger partial charge in [0.2, 0.25) is 5.89 Å². The molecule has 0 aliphatic rings. The van der Waals surface area contributed by atoms with Gasteiger partial charge in [0, 0.05) is 5.56 Å². The fourth-order valence-electron chi connectivity index (χ4n) is 1.39. The van der Waals surface area contributed by atoms with Crippen LogP contribution < -0.4 is 4.74 Å². The molecule has 0 fully saturated rings. The fraction of sp³-hybridized carbons (Fsp3) is 0.308. The minimum atomic E-state index is -2.87. The highest BCUT2D eigenvalue weighted by atomic mass is 32.2. The molecule has 0 amide bonds. The highest BCUT2D eigenvalue weighted by Crippen LogP contribution is 2.27. The first-order valence-corrected chi connectivity index (χ1v) is 6.89. The van der Waals surface area contributed by atoms with Crippen molar-refractivity contribution in [1.29, 1.82) is 0 Å². The van der Waals surface area contributed by atoms with Gasteiger partial charge in [0.25, 0.3) is 5.22 Å². The number of hydrogen-bond donors (Lipinski definition) is 0. The van der Waals surface area contributed by atoms with Crippen LogP contribution in [0.1, 0.15) is 13.8 Å². The number of aromatic nitrogens is 2. The molecule has 21 heavy (non-hydrogen) atoms. The van der Waals surface area contributed by atoms with Gasteiger partial charge in [-0.3, -0.25) is 4.79 Å². The summed E-state index contributed by atoms with van der Waals surface area (Å²) in [7, 11) is 0. The van der Waals surface area contributed by atoms with Crippen molar-refractivity contribution < 1.29 is 22.7 Å². The van der Waals surface area contributed by atoms with E-state index in [2.05, 4.69) is 14.9 Å². The summed E-state index contributed by atoms with van der Waals surface area (Å²) in [4.78, 5) is 11.2. The van der Waals surface area contributed by atoms with Crippen LogP contribution >= 0.6 is 11.8 Å². The molecule has 8 heteroatoms. The van der Waals surface area contributed by atoms with E-state index in [9.17, 15) is 13.6 Å². The average Bonchev–Trinajstić information content (AvgIpc) is 2.87. The first kappa shape index (κ1) is 15.4. The van der Waals surface area contributed by atoms with Gasteiger partial charge < -0.3 is 9.15 Å². The number of nitrogens with zero attached hydrogens (tertiary/aromatic N) is 2. The van der Waals surface area contributed by atoms with Gasteiger partial charge in [-0.25, -0.2) is 0 Å². The Hall–Kier alpha value is -1.96. The van der Waals surface area contributed by atoms with Crippen molar-refractivity contribution in [3.63, 3.8) is 0 Å². The molecule has 0 saturated carbocycles. The Morgan fingerprint density at radius 3 is 2.52 bits per heavy atom. The number of carbonyl (C=O) groups is 1. The van der Waals surface area contributed by atoms with Gasteiger partial charge >= 0.3 is 6.61 Å². The zero-order chi connectivity index (χ0) is 15.4. The summed E-state index contributed by atoms with van der Waals surface area (Å²) in [6.07, 6.45) is 0. The number of carbonyl (C=O) groups excluding carboxylic acids is 1. The summed E-state index contributed by atoms with van der Waals surface area (Å²) in [6, 6.07) is 5.84. The van der Waals surface area contributed by atoms with Crippen LogP contribution in [0.4, 0.5) is 8.78 Å². The van der Waals surface area contributed by atoms with Crippen LogP contribution in [0, 0.1) is 0 Å². The van der Waals surface area contributed by atoms with Crippen LogP contribution in [-0.2, 0) is 4.79 Å². The average molecular weight is 314 g/mol. The van der Waals surface area contributed by atoms with E-state index in [0.29, 0.717) is 5.56 Å². The van der Waals surface area contributed by atoms with E-state index in [1.54, 1.807) is 6.92 Å². The first-order valence-electron chi connectivity index (χ1n) is 6.01. The van der Waals surface area contributed by atoms with Crippen LogP contribution in [0.3, 0.4) is 0 Å². The standard InChI is InChI=1S/C13H12F2N2O3S/c1-7(18)8(2)21-13-17-16-11(20-13)9-3-5-10(6-4-9)19-12(14)15/h3-6,8,12H,1-2H3. The van der Waals surface area contributed by atoms with Gasteiger partial charge in [0.1, 0.15) is 11.5 Å². The van der Waals surface area contributed by atoms with Gasteiger partial charge in [-0.15, -0.1) is 10.2 Å². The van der Waals surface area contributed by atoms with E-state index in [0.717, 1.165) is 0 Å². The second kappa shape index (κ2) is 6.66. The Labute approximate surface area is 123 Å². The Kier molecular flexibility index (Phi) is 4.89. The van der Waals surface area contributed by atoms with E-state index in [1.165, 1.54) is 43.0 Å². The monoisotopic (exact) mass is 314 g/mol. The molecule has 0 aliphatic heterocycles. The lowest BCUT2D eigenvalue weighted by Gasteiger charge is -2.04. The van der Waals surface area contributed by atoms with Crippen molar-refractivity contribution >= 4 is 17.5 Å². The summed E-state index contributed by atoms with van der Waals surface area (Å²) in [6.45, 7) is 0.361. The molecule has 1 unspecified atom stereocenters. The third-order valence-corrected chi connectivity index (χ3v) is 3.64. The SMILES string of the molecule is CC(=O)C(C)Sc1nnc(-c2ccc(OC(F)F)cc2)o1. The van der Waals surface area contributed by atoms with Crippen molar-refractivity contribution in [2.24, 2.45) is 0 Å². The largest absolute Gasteiger partial charge is 0.435 e. The minimum absolute atomic E-state index is 0.00764. The molecule has 1 heterocycles. The van der Waals surface area contributed by atoms with Crippen molar-refractivity contribution in [1.82, 2.24) is 10.2 Å². The van der Waals surface area contributed by atoms with E-state index in [4.69, 9.17) is 4.42 Å². The lowest BCUT2D eigenvalue weighted by Crippen LogP contribution is -2.07. The number of thioether (sulfide) groups is 1. The summed E-state index contributed by atoms with van der Waals surface area (Å²) in [5, 5.41) is 7.68. The van der Waals surface area contributed by atoms with Crippen molar-refractivity contribution in [2.75, 3.05) is 0 Å². The molecule has 2 aromatic rings. The number of halogens is 2. The molecule has 1 aromatic heterocycles. The van der Waals surface area contributed by atoms with Gasteiger partial charge in [-0.1, -0.05) is 11.8 Å². The summed E-state index contributed by atoms with van der Waals surface area (Å²) in [5.74, 6) is 0.304. The predicted octanol–water partition coefficient (Wildman–Crippen LogP) is 3.41. The zero-order valence-electron chi connectivity index (χ0n) is 11.2. The van der Waals surface area contributed by atoms with Crippen LogP contribution in [-0.4, -0.2) is 27.8 Å².